The molecule has 1 heterocycles. The Kier molecular flexibility index (Phi) is 5.61. The quantitative estimate of drug-likeness (QED) is 0.777. The second kappa shape index (κ2) is 7.24. The fourth-order valence-electron chi connectivity index (χ4n) is 2.81. The zero-order chi connectivity index (χ0) is 15.3. The number of anilines is 1. The fourth-order valence-corrected chi connectivity index (χ4v) is 3.33. The summed E-state index contributed by atoms with van der Waals surface area (Å²) in [4.78, 5) is 0.145. The van der Waals surface area contributed by atoms with Gasteiger partial charge in [-0.3, -0.25) is 0 Å². The highest BCUT2D eigenvalue weighted by molar-refractivity contribution is 7.89. The van der Waals surface area contributed by atoms with E-state index in [0.29, 0.717) is 12.1 Å². The number of rotatable bonds is 5. The molecule has 0 bridgehead atoms. The minimum atomic E-state index is -3.61. The molecule has 4 N–H and O–H groups in total. The van der Waals surface area contributed by atoms with Crippen molar-refractivity contribution < 1.29 is 8.42 Å². The fraction of sp³-hybridized carbons (Fsp3) is 0.600. The van der Waals surface area contributed by atoms with Crippen molar-refractivity contribution >= 4 is 15.7 Å². The van der Waals surface area contributed by atoms with Gasteiger partial charge in [0.05, 0.1) is 4.90 Å². The summed E-state index contributed by atoms with van der Waals surface area (Å²) in [7, 11) is -3.61. The van der Waals surface area contributed by atoms with E-state index in [1.165, 1.54) is 37.8 Å². The topological polar surface area (TPSA) is 84.2 Å². The van der Waals surface area contributed by atoms with Crippen LogP contribution < -0.4 is 15.8 Å². The van der Waals surface area contributed by atoms with Gasteiger partial charge < -0.3 is 10.6 Å². The first kappa shape index (κ1) is 16.3. The van der Waals surface area contributed by atoms with Crippen molar-refractivity contribution in [2.75, 3.05) is 11.9 Å². The summed E-state index contributed by atoms with van der Waals surface area (Å²) < 4.78 is 22.4. The third-order valence-electron chi connectivity index (χ3n) is 3.90. The first-order valence-electron chi connectivity index (χ1n) is 7.58. The summed E-state index contributed by atoms with van der Waals surface area (Å²) in [5.74, 6) is 0. The van der Waals surface area contributed by atoms with Crippen LogP contribution in [0.4, 0.5) is 5.69 Å². The van der Waals surface area contributed by atoms with Crippen molar-refractivity contribution in [2.45, 2.75) is 56.0 Å². The van der Waals surface area contributed by atoms with E-state index in [4.69, 9.17) is 5.14 Å². The predicted octanol–water partition coefficient (Wildman–Crippen LogP) is 2.06. The van der Waals surface area contributed by atoms with Gasteiger partial charge in [0.15, 0.2) is 0 Å². The van der Waals surface area contributed by atoms with Crippen molar-refractivity contribution in [2.24, 2.45) is 5.14 Å². The van der Waals surface area contributed by atoms with Crippen LogP contribution in [0.15, 0.2) is 29.2 Å². The van der Waals surface area contributed by atoms with Crippen LogP contribution in [0.1, 0.15) is 39.0 Å². The Balaban J connectivity index is 1.88. The van der Waals surface area contributed by atoms with Crippen LogP contribution in [-0.4, -0.2) is 27.0 Å². The van der Waals surface area contributed by atoms with Crippen molar-refractivity contribution in [1.29, 1.82) is 0 Å². The van der Waals surface area contributed by atoms with Gasteiger partial charge in [0, 0.05) is 17.8 Å². The van der Waals surface area contributed by atoms with E-state index in [9.17, 15) is 8.42 Å². The van der Waals surface area contributed by atoms with Gasteiger partial charge in [-0.15, -0.1) is 0 Å². The van der Waals surface area contributed by atoms with Gasteiger partial charge in [-0.05, 0) is 57.0 Å². The molecule has 118 valence electrons. The lowest BCUT2D eigenvalue weighted by Gasteiger charge is -2.22. The molecule has 6 heteroatoms. The largest absolute Gasteiger partial charge is 0.383 e. The average Bonchev–Trinajstić information content (AvgIpc) is 2.67. The van der Waals surface area contributed by atoms with Crippen LogP contribution in [0.2, 0.25) is 0 Å². The van der Waals surface area contributed by atoms with Gasteiger partial charge in [0.25, 0.3) is 0 Å². The molecule has 1 saturated heterocycles. The molecule has 0 aliphatic carbocycles. The summed E-state index contributed by atoms with van der Waals surface area (Å²) in [5, 5.41) is 12.1. The number of hydrogen-bond acceptors (Lipinski definition) is 4. The first-order chi connectivity index (χ1) is 9.95. The molecule has 5 nitrogen and oxygen atoms in total. The van der Waals surface area contributed by atoms with E-state index in [1.54, 1.807) is 12.1 Å². The van der Waals surface area contributed by atoms with Crippen LogP contribution in [-0.2, 0) is 10.0 Å². The average molecular weight is 311 g/mol. The highest BCUT2D eigenvalue weighted by atomic mass is 32.2. The highest BCUT2D eigenvalue weighted by Gasteiger charge is 2.15. The van der Waals surface area contributed by atoms with E-state index in [1.807, 2.05) is 0 Å². The van der Waals surface area contributed by atoms with Crippen LogP contribution in [0, 0.1) is 0 Å². The van der Waals surface area contributed by atoms with Crippen molar-refractivity contribution in [1.82, 2.24) is 5.32 Å². The number of benzene rings is 1. The number of primary sulfonamides is 1. The maximum absolute atomic E-state index is 11.2. The molecule has 0 saturated carbocycles. The van der Waals surface area contributed by atoms with Gasteiger partial charge in [-0.1, -0.05) is 12.8 Å². The molecule has 2 unspecified atom stereocenters. The van der Waals surface area contributed by atoms with Crippen molar-refractivity contribution in [3.05, 3.63) is 24.3 Å². The molecule has 0 radical (unpaired) electrons. The lowest BCUT2D eigenvalue weighted by atomic mass is 10.0. The summed E-state index contributed by atoms with van der Waals surface area (Å²) in [6, 6.07) is 7.50. The molecule has 2 rings (SSSR count). The monoisotopic (exact) mass is 311 g/mol. The minimum Gasteiger partial charge on any atom is -0.383 e. The molecule has 1 aliphatic heterocycles. The smallest absolute Gasteiger partial charge is 0.238 e. The van der Waals surface area contributed by atoms with Crippen LogP contribution in [0.5, 0.6) is 0 Å². The number of nitrogens with one attached hydrogen (secondary N) is 2. The van der Waals surface area contributed by atoms with Crippen LogP contribution >= 0.6 is 0 Å². The standard InChI is InChI=1S/C15H25N3O2S/c1-12(11-14-5-3-2-4-10-17-14)18-13-6-8-15(9-7-13)21(16,19)20/h6-9,12,14,17-18H,2-5,10-11H2,1H3,(H2,16,19,20). The Morgan fingerprint density at radius 3 is 2.67 bits per heavy atom. The van der Waals surface area contributed by atoms with Crippen molar-refractivity contribution in [3.63, 3.8) is 0 Å². The predicted molar refractivity (Wildman–Crippen MR) is 85.8 cm³/mol. The molecular formula is C15H25N3O2S. The van der Waals surface area contributed by atoms with Gasteiger partial charge >= 0.3 is 0 Å². The molecule has 0 amide bonds. The van der Waals surface area contributed by atoms with Gasteiger partial charge in [0.1, 0.15) is 0 Å². The zero-order valence-corrected chi connectivity index (χ0v) is 13.3. The molecule has 1 fully saturated rings. The van der Waals surface area contributed by atoms with Gasteiger partial charge in [-0.25, -0.2) is 13.6 Å². The maximum Gasteiger partial charge on any atom is 0.238 e. The van der Waals surface area contributed by atoms with Crippen LogP contribution in [0.25, 0.3) is 0 Å². The molecule has 1 aliphatic rings. The first-order valence-corrected chi connectivity index (χ1v) is 9.12. The molecule has 1 aromatic carbocycles. The molecule has 2 atom stereocenters. The lowest BCUT2D eigenvalue weighted by molar-refractivity contribution is 0.456. The van der Waals surface area contributed by atoms with E-state index >= 15 is 0 Å². The van der Waals surface area contributed by atoms with Gasteiger partial charge in [-0.2, -0.15) is 0 Å². The summed E-state index contributed by atoms with van der Waals surface area (Å²) in [6.45, 7) is 3.26. The van der Waals surface area contributed by atoms with E-state index < -0.39 is 10.0 Å². The maximum atomic E-state index is 11.2. The Hall–Kier alpha value is -1.11. The van der Waals surface area contributed by atoms with E-state index in [0.717, 1.165) is 18.7 Å². The lowest BCUT2D eigenvalue weighted by Crippen LogP contribution is -2.33. The third-order valence-corrected chi connectivity index (χ3v) is 4.83. The molecule has 0 spiro atoms. The van der Waals surface area contributed by atoms with E-state index in [2.05, 4.69) is 17.6 Å². The zero-order valence-electron chi connectivity index (χ0n) is 12.5. The molecule has 21 heavy (non-hydrogen) atoms. The molecule has 0 aromatic heterocycles. The second-order valence-electron chi connectivity index (χ2n) is 5.85. The van der Waals surface area contributed by atoms with Crippen LogP contribution in [0.3, 0.4) is 0 Å². The summed E-state index contributed by atoms with van der Waals surface area (Å²) in [6.07, 6.45) is 6.19. The van der Waals surface area contributed by atoms with Crippen molar-refractivity contribution in [3.8, 4) is 0 Å². The Morgan fingerprint density at radius 1 is 1.29 bits per heavy atom. The number of nitrogens with two attached hydrogens (primary N) is 1. The molecule has 1 aromatic rings. The highest BCUT2D eigenvalue weighted by Crippen LogP contribution is 2.17. The number of sulfonamides is 1. The normalized spacial score (nSPS) is 21.5. The Labute approximate surface area is 127 Å². The third kappa shape index (κ3) is 5.30. The Morgan fingerprint density at radius 2 is 2.00 bits per heavy atom. The summed E-state index contributed by atoms with van der Waals surface area (Å²) >= 11 is 0. The minimum absolute atomic E-state index is 0.145. The summed E-state index contributed by atoms with van der Waals surface area (Å²) in [5.41, 5.74) is 0.920. The van der Waals surface area contributed by atoms with E-state index in [-0.39, 0.29) is 4.90 Å². The number of hydrogen-bond donors (Lipinski definition) is 3. The van der Waals surface area contributed by atoms with Gasteiger partial charge in [0.2, 0.25) is 10.0 Å². The molecular weight excluding hydrogens is 286 g/mol. The SMILES string of the molecule is CC(CC1CCCCCN1)Nc1ccc(S(N)(=O)=O)cc1. The second-order valence-corrected chi connectivity index (χ2v) is 7.41. The Bertz CT molecular complexity index is 535.